The second-order valence-electron chi connectivity index (χ2n) is 5.63. The second kappa shape index (κ2) is 7.25. The van der Waals surface area contributed by atoms with Crippen LogP contribution in [0.3, 0.4) is 0 Å². The van der Waals surface area contributed by atoms with Crippen LogP contribution >= 0.6 is 0 Å². The molecule has 0 aromatic heterocycles. The molecule has 0 spiro atoms. The molecule has 0 atom stereocenters. The molecule has 0 saturated heterocycles. The third-order valence-electron chi connectivity index (χ3n) is 3.73. The van der Waals surface area contributed by atoms with Gasteiger partial charge in [-0.2, -0.15) is 0 Å². The van der Waals surface area contributed by atoms with Gasteiger partial charge < -0.3 is 19.5 Å². The van der Waals surface area contributed by atoms with Crippen LogP contribution in [0.4, 0.5) is 5.69 Å². The summed E-state index contributed by atoms with van der Waals surface area (Å²) >= 11 is 0. The minimum Gasteiger partial charge on any atom is -0.494 e. The summed E-state index contributed by atoms with van der Waals surface area (Å²) in [5.41, 5.74) is 1.24. The lowest BCUT2D eigenvalue weighted by Gasteiger charge is -2.11. The van der Waals surface area contributed by atoms with Crippen LogP contribution < -0.4 is 19.5 Å². The lowest BCUT2D eigenvalue weighted by atomic mass is 10.1. The summed E-state index contributed by atoms with van der Waals surface area (Å²) < 4.78 is 16.1. The van der Waals surface area contributed by atoms with E-state index in [0.717, 1.165) is 6.42 Å². The van der Waals surface area contributed by atoms with Gasteiger partial charge >= 0.3 is 0 Å². The highest BCUT2D eigenvalue weighted by Gasteiger charge is 2.20. The van der Waals surface area contributed by atoms with Crippen molar-refractivity contribution in [3.8, 4) is 17.2 Å². The van der Waals surface area contributed by atoms with E-state index in [1.54, 1.807) is 36.4 Å². The summed E-state index contributed by atoms with van der Waals surface area (Å²) in [5, 5.41) is 2.76. The van der Waals surface area contributed by atoms with E-state index in [4.69, 9.17) is 14.2 Å². The normalized spacial score (nSPS) is 11.9. The minimum absolute atomic E-state index is 0.100. The Morgan fingerprint density at radius 2 is 1.80 bits per heavy atom. The fourth-order valence-corrected chi connectivity index (χ4v) is 2.45. The highest BCUT2D eigenvalue weighted by molar-refractivity contribution is 6.09. The molecule has 2 aromatic carbocycles. The van der Waals surface area contributed by atoms with E-state index in [2.05, 4.69) is 5.32 Å². The number of ketones is 1. The van der Waals surface area contributed by atoms with Crippen molar-refractivity contribution in [1.29, 1.82) is 0 Å². The molecule has 1 aliphatic rings. The topological polar surface area (TPSA) is 73.9 Å². The molecule has 0 radical (unpaired) electrons. The van der Waals surface area contributed by atoms with Crippen LogP contribution in [0.15, 0.2) is 36.4 Å². The highest BCUT2D eigenvalue weighted by Crippen LogP contribution is 2.37. The molecule has 0 fully saturated rings. The summed E-state index contributed by atoms with van der Waals surface area (Å²) in [4.78, 5) is 24.3. The number of benzene rings is 2. The van der Waals surface area contributed by atoms with Gasteiger partial charge in [-0.15, -0.1) is 0 Å². The number of rotatable bonds is 6. The molecule has 1 N–H and O–H groups in total. The molecule has 0 unspecified atom stereocenters. The van der Waals surface area contributed by atoms with E-state index in [-0.39, 0.29) is 18.5 Å². The van der Waals surface area contributed by atoms with Gasteiger partial charge in [-0.25, -0.2) is 0 Å². The Bertz CT molecular complexity index is 798. The van der Waals surface area contributed by atoms with Crippen LogP contribution in [0.1, 0.15) is 41.0 Å². The number of carbonyl (C=O) groups excluding carboxylic acids is 2. The Labute approximate surface area is 145 Å². The van der Waals surface area contributed by atoms with Crippen molar-refractivity contribution in [2.75, 3.05) is 18.7 Å². The number of anilines is 1. The predicted molar refractivity (Wildman–Crippen MR) is 92.8 cm³/mol. The van der Waals surface area contributed by atoms with Crippen LogP contribution in [-0.4, -0.2) is 25.1 Å². The Balaban J connectivity index is 1.79. The maximum Gasteiger partial charge on any atom is 0.255 e. The fraction of sp³-hybridized carbons (Fsp3) is 0.263. The van der Waals surface area contributed by atoms with Crippen molar-refractivity contribution in [3.63, 3.8) is 0 Å². The van der Waals surface area contributed by atoms with E-state index in [0.29, 0.717) is 40.7 Å². The van der Waals surface area contributed by atoms with E-state index in [1.807, 2.05) is 6.92 Å². The standard InChI is InChI=1S/C19H19NO5/c1-3-8-23-14-6-4-13(5-7-14)19(22)20-16-10-18-17(24-11-25-18)9-15(16)12(2)21/h4-7,9-10H,3,8,11H2,1-2H3,(H,20,22). The number of hydrogen-bond donors (Lipinski definition) is 1. The number of nitrogens with one attached hydrogen (secondary N) is 1. The van der Waals surface area contributed by atoms with E-state index >= 15 is 0 Å². The summed E-state index contributed by atoms with van der Waals surface area (Å²) in [6.07, 6.45) is 0.917. The van der Waals surface area contributed by atoms with Crippen molar-refractivity contribution < 1.29 is 23.8 Å². The third kappa shape index (κ3) is 3.74. The molecule has 0 bridgehead atoms. The van der Waals surface area contributed by atoms with Crippen molar-refractivity contribution >= 4 is 17.4 Å². The van der Waals surface area contributed by atoms with E-state index in [9.17, 15) is 9.59 Å². The third-order valence-corrected chi connectivity index (χ3v) is 3.73. The Kier molecular flexibility index (Phi) is 4.88. The highest BCUT2D eigenvalue weighted by atomic mass is 16.7. The molecule has 0 aliphatic carbocycles. The first kappa shape index (κ1) is 16.8. The van der Waals surface area contributed by atoms with Gasteiger partial charge in [0.15, 0.2) is 17.3 Å². The maximum atomic E-state index is 12.5. The molecule has 6 nitrogen and oxygen atoms in total. The Hall–Kier alpha value is -3.02. The maximum absolute atomic E-state index is 12.5. The van der Waals surface area contributed by atoms with Gasteiger partial charge in [0.05, 0.1) is 12.3 Å². The summed E-state index contributed by atoms with van der Waals surface area (Å²) in [5.74, 6) is 1.23. The van der Waals surface area contributed by atoms with Crippen LogP contribution in [0.2, 0.25) is 0 Å². The zero-order chi connectivity index (χ0) is 17.8. The molecule has 1 heterocycles. The van der Waals surface area contributed by atoms with Crippen molar-refractivity contribution in [3.05, 3.63) is 47.5 Å². The first-order valence-electron chi connectivity index (χ1n) is 8.07. The van der Waals surface area contributed by atoms with Crippen LogP contribution in [0, 0.1) is 0 Å². The van der Waals surface area contributed by atoms with Crippen LogP contribution in [0.5, 0.6) is 17.2 Å². The van der Waals surface area contributed by atoms with Gasteiger partial charge in [0.1, 0.15) is 5.75 Å². The van der Waals surface area contributed by atoms with Crippen molar-refractivity contribution in [2.24, 2.45) is 0 Å². The average molecular weight is 341 g/mol. The zero-order valence-electron chi connectivity index (χ0n) is 14.1. The first-order valence-corrected chi connectivity index (χ1v) is 8.07. The van der Waals surface area contributed by atoms with Gasteiger partial charge in [0.25, 0.3) is 5.91 Å². The predicted octanol–water partition coefficient (Wildman–Crippen LogP) is 3.66. The first-order chi connectivity index (χ1) is 12.1. The molecule has 1 aliphatic heterocycles. The number of amides is 1. The van der Waals surface area contributed by atoms with E-state index < -0.39 is 0 Å². The monoisotopic (exact) mass is 341 g/mol. The van der Waals surface area contributed by atoms with Crippen LogP contribution in [0.25, 0.3) is 0 Å². The SMILES string of the molecule is CCCOc1ccc(C(=O)Nc2cc3c(cc2C(C)=O)OCO3)cc1. The number of fused-ring (bicyclic) bond motifs is 1. The zero-order valence-corrected chi connectivity index (χ0v) is 14.1. The van der Waals surface area contributed by atoms with Gasteiger partial charge in [0, 0.05) is 17.2 Å². The van der Waals surface area contributed by atoms with Crippen molar-refractivity contribution in [2.45, 2.75) is 20.3 Å². The molecule has 0 saturated carbocycles. The smallest absolute Gasteiger partial charge is 0.255 e. The van der Waals surface area contributed by atoms with Crippen molar-refractivity contribution in [1.82, 2.24) is 0 Å². The Morgan fingerprint density at radius 1 is 1.12 bits per heavy atom. The molecular formula is C19H19NO5. The summed E-state index contributed by atoms with van der Waals surface area (Å²) in [6, 6.07) is 10.0. The molecule has 2 aromatic rings. The van der Waals surface area contributed by atoms with E-state index in [1.165, 1.54) is 6.92 Å². The quantitative estimate of drug-likeness (QED) is 0.812. The molecule has 1 amide bonds. The second-order valence-corrected chi connectivity index (χ2v) is 5.63. The fourth-order valence-electron chi connectivity index (χ4n) is 2.45. The molecule has 25 heavy (non-hydrogen) atoms. The number of hydrogen-bond acceptors (Lipinski definition) is 5. The van der Waals surface area contributed by atoms with Gasteiger partial charge in [-0.3, -0.25) is 9.59 Å². The number of ether oxygens (including phenoxy) is 3. The summed E-state index contributed by atoms with van der Waals surface area (Å²) in [6.45, 7) is 4.20. The van der Waals surface area contributed by atoms with Crippen LogP contribution in [-0.2, 0) is 0 Å². The molecular weight excluding hydrogens is 322 g/mol. The lowest BCUT2D eigenvalue weighted by Crippen LogP contribution is -2.14. The summed E-state index contributed by atoms with van der Waals surface area (Å²) in [7, 11) is 0. The van der Waals surface area contributed by atoms with Gasteiger partial charge in [-0.05, 0) is 43.7 Å². The minimum atomic E-state index is -0.316. The number of carbonyl (C=O) groups is 2. The lowest BCUT2D eigenvalue weighted by molar-refractivity contribution is 0.101. The average Bonchev–Trinajstić information content (AvgIpc) is 3.07. The largest absolute Gasteiger partial charge is 0.494 e. The Morgan fingerprint density at radius 3 is 2.44 bits per heavy atom. The van der Waals surface area contributed by atoms with Gasteiger partial charge in [0.2, 0.25) is 6.79 Å². The molecule has 3 rings (SSSR count). The molecule has 130 valence electrons. The molecule has 6 heteroatoms. The number of Topliss-reactive ketones (excluding diaryl/α,β-unsaturated/α-hetero) is 1. The van der Waals surface area contributed by atoms with Gasteiger partial charge in [-0.1, -0.05) is 6.92 Å².